The van der Waals surface area contributed by atoms with Gasteiger partial charge in [-0.15, -0.1) is 6.42 Å². The third kappa shape index (κ3) is 5.28. The molecule has 0 aliphatic carbocycles. The highest BCUT2D eigenvalue weighted by Crippen LogP contribution is 2.58. The van der Waals surface area contributed by atoms with Crippen molar-refractivity contribution in [2.45, 2.75) is 83.3 Å². The molecule has 4 rings (SSSR count). The molecule has 0 bridgehead atoms. The van der Waals surface area contributed by atoms with Crippen LogP contribution in [0.25, 0.3) is 0 Å². The van der Waals surface area contributed by atoms with Crippen LogP contribution in [0.15, 0.2) is 21.9 Å². The van der Waals surface area contributed by atoms with Crippen molar-refractivity contribution in [1.82, 2.24) is 9.55 Å². The zero-order chi connectivity index (χ0) is 30.0. The number of phosphoric acid groups is 1. The summed E-state index contributed by atoms with van der Waals surface area (Å²) in [6, 6.07) is 1.62. The second-order valence-corrected chi connectivity index (χ2v) is 13.4. The number of aliphatic hydroxyl groups excluding tert-OH is 2. The Balaban J connectivity index is 1.62. The van der Waals surface area contributed by atoms with Crippen molar-refractivity contribution >= 4 is 7.82 Å². The molecule has 2 aliphatic rings. The van der Waals surface area contributed by atoms with Crippen molar-refractivity contribution in [3.05, 3.63) is 61.2 Å². The number of halogens is 2. The predicted molar refractivity (Wildman–Crippen MR) is 138 cm³/mol. The van der Waals surface area contributed by atoms with Gasteiger partial charge < -0.3 is 19.5 Å². The van der Waals surface area contributed by atoms with E-state index < -0.39 is 73.2 Å². The Morgan fingerprint density at radius 1 is 1.23 bits per heavy atom. The fourth-order valence-electron chi connectivity index (χ4n) is 4.42. The van der Waals surface area contributed by atoms with Gasteiger partial charge in [-0.1, -0.05) is 47.5 Å². The molecule has 0 radical (unpaired) electrons. The fourth-order valence-corrected chi connectivity index (χ4v) is 5.65. The number of terminal acetylenes is 1. The van der Waals surface area contributed by atoms with Gasteiger partial charge in [0.05, 0.1) is 12.2 Å². The molecule has 0 amide bonds. The van der Waals surface area contributed by atoms with Gasteiger partial charge in [0.1, 0.15) is 35.9 Å². The van der Waals surface area contributed by atoms with Gasteiger partial charge in [-0.25, -0.2) is 18.1 Å². The number of aliphatic hydroxyl groups is 2. The largest absolute Gasteiger partial charge is 0.530 e. The molecule has 3 heterocycles. The van der Waals surface area contributed by atoms with Crippen molar-refractivity contribution in [2.24, 2.45) is 0 Å². The van der Waals surface area contributed by atoms with Crippen LogP contribution in [0.2, 0.25) is 0 Å². The molecule has 3 N–H and O–H groups in total. The Morgan fingerprint density at radius 3 is 2.42 bits per heavy atom. The molecule has 14 heteroatoms. The SMILES string of the molecule is C#Cc1cn([C@@H]2O[C@](F)(COP3(=O)OCc4c(F)c(C(C)(C)C)cc(C(C)(C)C)c4O3)[C@@H](O)[C@H]2O)c(=O)[nH]c1=O. The molecule has 2 aromatic rings. The molecule has 1 saturated heterocycles. The van der Waals surface area contributed by atoms with Gasteiger partial charge >= 0.3 is 13.5 Å². The number of rotatable bonds is 4. The monoisotopic (exact) mass is 584 g/mol. The summed E-state index contributed by atoms with van der Waals surface area (Å²) in [5.41, 5.74) is -2.53. The van der Waals surface area contributed by atoms with Gasteiger partial charge in [-0.2, -0.15) is 0 Å². The number of aromatic nitrogens is 2. The Labute approximate surface area is 228 Å². The summed E-state index contributed by atoms with van der Waals surface area (Å²) in [5.74, 6) is -1.84. The average Bonchev–Trinajstić information content (AvgIpc) is 3.06. The van der Waals surface area contributed by atoms with E-state index in [0.29, 0.717) is 15.7 Å². The number of nitrogens with zero attached hydrogens (tertiary/aromatic N) is 1. The molecule has 0 spiro atoms. The summed E-state index contributed by atoms with van der Waals surface area (Å²) in [6.45, 7) is 9.28. The Bertz CT molecular complexity index is 1550. The molecular weight excluding hydrogens is 553 g/mol. The van der Waals surface area contributed by atoms with E-state index in [9.17, 15) is 24.4 Å². The highest BCUT2D eigenvalue weighted by molar-refractivity contribution is 7.49. The second kappa shape index (κ2) is 9.91. The van der Waals surface area contributed by atoms with E-state index in [1.54, 1.807) is 6.07 Å². The molecule has 5 atom stereocenters. The quantitative estimate of drug-likeness (QED) is 0.364. The molecule has 1 fully saturated rings. The summed E-state index contributed by atoms with van der Waals surface area (Å²) >= 11 is 0. The van der Waals surface area contributed by atoms with Crippen molar-refractivity contribution in [3.8, 4) is 18.1 Å². The normalized spacial score (nSPS) is 28.6. The molecule has 2 aliphatic heterocycles. The molecule has 40 heavy (non-hydrogen) atoms. The maximum absolute atomic E-state index is 15.7. The van der Waals surface area contributed by atoms with E-state index in [1.807, 2.05) is 52.4 Å². The van der Waals surface area contributed by atoms with Crippen LogP contribution in [-0.4, -0.2) is 44.4 Å². The Morgan fingerprint density at radius 2 is 1.85 bits per heavy atom. The van der Waals surface area contributed by atoms with Crippen LogP contribution in [0, 0.1) is 18.2 Å². The molecule has 11 nitrogen and oxygen atoms in total. The highest BCUT2D eigenvalue weighted by atomic mass is 31.2. The van der Waals surface area contributed by atoms with Crippen LogP contribution in [-0.2, 0) is 35.8 Å². The molecular formula is C26H31F2N2O9P. The molecule has 0 saturated carbocycles. The number of aromatic amines is 1. The van der Waals surface area contributed by atoms with Gasteiger partial charge in [0.25, 0.3) is 11.4 Å². The fraction of sp³-hybridized carbons (Fsp3) is 0.538. The third-order valence-corrected chi connectivity index (χ3v) is 7.98. The molecule has 1 aromatic carbocycles. The smallest absolute Gasteiger partial charge is 0.403 e. The lowest BCUT2D eigenvalue weighted by Crippen LogP contribution is -2.43. The van der Waals surface area contributed by atoms with Gasteiger partial charge in [0.2, 0.25) is 0 Å². The van der Waals surface area contributed by atoms with Crippen LogP contribution in [0.4, 0.5) is 8.78 Å². The van der Waals surface area contributed by atoms with Crippen LogP contribution < -0.4 is 15.8 Å². The van der Waals surface area contributed by atoms with E-state index in [1.165, 1.54) is 0 Å². The van der Waals surface area contributed by atoms with Crippen molar-refractivity contribution in [3.63, 3.8) is 0 Å². The van der Waals surface area contributed by atoms with Crippen LogP contribution in [0.1, 0.15) is 70.0 Å². The zero-order valence-electron chi connectivity index (χ0n) is 22.8. The number of benzene rings is 1. The van der Waals surface area contributed by atoms with Crippen LogP contribution in [0.3, 0.4) is 0 Å². The maximum atomic E-state index is 15.7. The first-order valence-electron chi connectivity index (χ1n) is 12.3. The Hall–Kier alpha value is -2.85. The lowest BCUT2D eigenvalue weighted by Gasteiger charge is -2.34. The topological polar surface area (TPSA) is 149 Å². The molecule has 218 valence electrons. The summed E-state index contributed by atoms with van der Waals surface area (Å²) in [6.07, 6.45) is -0.0923. The number of hydrogen-bond donors (Lipinski definition) is 3. The first-order valence-corrected chi connectivity index (χ1v) is 13.8. The minimum atomic E-state index is -4.60. The van der Waals surface area contributed by atoms with E-state index in [0.717, 1.165) is 6.20 Å². The minimum Gasteiger partial charge on any atom is -0.403 e. The van der Waals surface area contributed by atoms with Crippen molar-refractivity contribution < 1.29 is 41.9 Å². The lowest BCUT2D eigenvalue weighted by molar-refractivity contribution is -0.205. The molecule has 1 aromatic heterocycles. The number of nitrogens with one attached hydrogen (secondary N) is 1. The van der Waals surface area contributed by atoms with Crippen molar-refractivity contribution in [1.29, 1.82) is 0 Å². The van der Waals surface area contributed by atoms with Gasteiger partial charge in [-0.05, 0) is 22.5 Å². The number of phosphoric ester groups is 1. The first-order chi connectivity index (χ1) is 18.3. The number of fused-ring (bicyclic) bond motifs is 1. The van der Waals surface area contributed by atoms with Gasteiger partial charge in [-0.3, -0.25) is 23.4 Å². The summed E-state index contributed by atoms with van der Waals surface area (Å²) < 4.78 is 66.3. The summed E-state index contributed by atoms with van der Waals surface area (Å²) in [4.78, 5) is 25.9. The highest BCUT2D eigenvalue weighted by Gasteiger charge is 2.58. The van der Waals surface area contributed by atoms with Gasteiger partial charge in [0.15, 0.2) is 6.23 Å². The summed E-state index contributed by atoms with van der Waals surface area (Å²) in [5, 5.41) is 20.8. The number of H-pyrrole nitrogens is 1. The predicted octanol–water partition coefficient (Wildman–Crippen LogP) is 2.90. The van der Waals surface area contributed by atoms with E-state index in [4.69, 9.17) is 24.7 Å². The van der Waals surface area contributed by atoms with Crippen LogP contribution >= 0.6 is 7.82 Å². The number of hydrogen-bond acceptors (Lipinski definition) is 9. The Kier molecular flexibility index (Phi) is 7.46. The second-order valence-electron chi connectivity index (χ2n) is 11.8. The van der Waals surface area contributed by atoms with E-state index in [-0.39, 0.29) is 16.9 Å². The van der Waals surface area contributed by atoms with E-state index in [2.05, 4.69) is 0 Å². The third-order valence-electron chi connectivity index (χ3n) is 6.69. The average molecular weight is 585 g/mol. The number of alkyl halides is 1. The van der Waals surface area contributed by atoms with Gasteiger partial charge in [0, 0.05) is 11.8 Å². The zero-order valence-corrected chi connectivity index (χ0v) is 23.7. The van der Waals surface area contributed by atoms with Crippen molar-refractivity contribution in [2.75, 3.05) is 6.61 Å². The summed E-state index contributed by atoms with van der Waals surface area (Å²) in [7, 11) is -4.60. The van der Waals surface area contributed by atoms with E-state index >= 15 is 8.78 Å². The minimum absolute atomic E-state index is 0.0248. The molecule has 1 unspecified atom stereocenters. The van der Waals surface area contributed by atoms with Crippen LogP contribution in [0.5, 0.6) is 5.75 Å². The maximum Gasteiger partial charge on any atom is 0.530 e. The lowest BCUT2D eigenvalue weighted by atomic mass is 9.78. The number of ether oxygens (including phenoxy) is 1. The standard InChI is InChI=1S/C26H31F2N2O9P/c1-8-13-10-30(23(34)29-21(13)33)22-18(31)20(32)26(28,38-22)12-37-40(35)36-11-14-17(27)15(24(2,3)4)9-16(19(14)39-40)25(5,6)7/h1,9-10,18,20,22,31-32H,11-12H2,2-7H3,(H,29,33,34)/t18-,20+,22-,26-,40?/m1/s1. The first kappa shape index (κ1) is 30.1.